The first-order chi connectivity index (χ1) is 14.5. The number of carbonyl (C=O) groups is 1. The van der Waals surface area contributed by atoms with Crippen LogP contribution in [0.5, 0.6) is 0 Å². The average Bonchev–Trinajstić information content (AvgIpc) is 3.26. The lowest BCUT2D eigenvalue weighted by Crippen LogP contribution is -2.41. The second kappa shape index (κ2) is 7.55. The van der Waals surface area contributed by atoms with Crippen molar-refractivity contribution in [1.29, 1.82) is 0 Å². The van der Waals surface area contributed by atoms with Gasteiger partial charge in [-0.15, -0.1) is 0 Å². The number of imidazole rings is 1. The maximum atomic E-state index is 13.2. The lowest BCUT2D eigenvalue weighted by molar-refractivity contribution is -0.150. The Morgan fingerprint density at radius 3 is 2.68 bits per heavy atom. The van der Waals surface area contributed by atoms with Crippen molar-refractivity contribution < 1.29 is 31.5 Å². The molecule has 0 aromatic carbocycles. The van der Waals surface area contributed by atoms with E-state index in [0.717, 1.165) is 4.90 Å². The van der Waals surface area contributed by atoms with Gasteiger partial charge in [-0.05, 0) is 12.0 Å². The summed E-state index contributed by atoms with van der Waals surface area (Å²) < 4.78 is 71.9. The zero-order valence-corrected chi connectivity index (χ0v) is 16.4. The van der Waals surface area contributed by atoms with Gasteiger partial charge in [0, 0.05) is 25.5 Å². The molecule has 8 nitrogen and oxygen atoms in total. The van der Waals surface area contributed by atoms with Crippen LogP contribution in [0.4, 0.5) is 26.7 Å². The van der Waals surface area contributed by atoms with Crippen LogP contribution in [-0.2, 0) is 4.74 Å². The highest BCUT2D eigenvalue weighted by atomic mass is 19.4. The zero-order chi connectivity index (χ0) is 22.6. The van der Waals surface area contributed by atoms with Gasteiger partial charge < -0.3 is 20.7 Å². The van der Waals surface area contributed by atoms with Crippen molar-refractivity contribution in [3.8, 4) is 0 Å². The minimum Gasteiger partial charge on any atom is -0.382 e. The number of nitrogens with one attached hydrogen (secondary N) is 1. The van der Waals surface area contributed by atoms with E-state index >= 15 is 0 Å². The number of hydrogen-bond donors (Lipinski definition) is 2. The Morgan fingerprint density at radius 1 is 1.39 bits per heavy atom. The molecular formula is C18H21F5N6O2. The fourth-order valence-corrected chi connectivity index (χ4v) is 3.99. The number of alkyl halides is 5. The number of hydrogen-bond acceptors (Lipinski definition) is 5. The van der Waals surface area contributed by atoms with Gasteiger partial charge in [0.1, 0.15) is 6.04 Å². The molecule has 2 aromatic heterocycles. The summed E-state index contributed by atoms with van der Waals surface area (Å²) in [6.45, 7) is -0.623. The lowest BCUT2D eigenvalue weighted by Gasteiger charge is -2.37. The number of methoxy groups -OCH3 is 1. The Labute approximate surface area is 173 Å². The Bertz CT molecular complexity index is 972. The maximum Gasteiger partial charge on any atom is 0.410 e. The normalized spacial score (nSPS) is 23.6. The van der Waals surface area contributed by atoms with Crippen LogP contribution in [0.3, 0.4) is 0 Å². The van der Waals surface area contributed by atoms with Gasteiger partial charge in [-0.2, -0.15) is 18.3 Å². The number of ether oxygens (including phenoxy) is 1. The summed E-state index contributed by atoms with van der Waals surface area (Å²) in [5.74, 6) is -3.10. The van der Waals surface area contributed by atoms with Gasteiger partial charge in [0.05, 0.1) is 43.3 Å². The molecule has 2 amide bonds. The number of nitrogens with two attached hydrogens (primary N) is 1. The predicted octanol–water partition coefficient (Wildman–Crippen LogP) is 2.42. The Kier molecular flexibility index (Phi) is 5.28. The predicted molar refractivity (Wildman–Crippen MR) is 97.3 cm³/mol. The molecule has 1 unspecified atom stereocenters. The molecule has 1 aliphatic carbocycles. The van der Waals surface area contributed by atoms with E-state index in [1.165, 1.54) is 24.0 Å². The van der Waals surface area contributed by atoms with E-state index in [9.17, 15) is 26.7 Å². The molecule has 0 spiro atoms. The Hall–Kier alpha value is -2.54. The monoisotopic (exact) mass is 448 g/mol. The van der Waals surface area contributed by atoms with E-state index in [-0.39, 0.29) is 19.4 Å². The number of urea groups is 1. The third kappa shape index (κ3) is 4.15. The number of fused-ring (bicyclic) bond motifs is 1. The highest BCUT2D eigenvalue weighted by Crippen LogP contribution is 2.47. The fraction of sp³-hybridized carbons (Fsp3) is 0.611. The number of amides is 2. The first kappa shape index (κ1) is 21.7. The van der Waals surface area contributed by atoms with Crippen molar-refractivity contribution in [1.82, 2.24) is 24.8 Å². The number of aromatic nitrogens is 3. The van der Waals surface area contributed by atoms with E-state index in [0.29, 0.717) is 16.9 Å². The van der Waals surface area contributed by atoms with E-state index < -0.39 is 48.7 Å². The molecule has 3 atom stereocenters. The van der Waals surface area contributed by atoms with Crippen LogP contribution in [0.25, 0.3) is 5.65 Å². The summed E-state index contributed by atoms with van der Waals surface area (Å²) in [5, 5.41) is 6.13. The van der Waals surface area contributed by atoms with Crippen LogP contribution in [0.1, 0.15) is 36.2 Å². The average molecular weight is 448 g/mol. The molecule has 0 bridgehead atoms. The fourth-order valence-electron chi connectivity index (χ4n) is 3.99. The van der Waals surface area contributed by atoms with Crippen molar-refractivity contribution in [2.75, 3.05) is 20.3 Å². The Balaban J connectivity index is 1.58. The van der Waals surface area contributed by atoms with Crippen molar-refractivity contribution in [3.05, 3.63) is 29.7 Å². The minimum atomic E-state index is -4.57. The van der Waals surface area contributed by atoms with Crippen LogP contribution in [0.15, 0.2) is 18.5 Å². The first-order valence-corrected chi connectivity index (χ1v) is 9.60. The molecule has 1 aliphatic heterocycles. The molecule has 0 radical (unpaired) electrons. The molecule has 170 valence electrons. The molecule has 13 heteroatoms. The highest BCUT2D eigenvalue weighted by molar-refractivity contribution is 5.77. The van der Waals surface area contributed by atoms with E-state index in [4.69, 9.17) is 10.5 Å². The van der Waals surface area contributed by atoms with Gasteiger partial charge in [-0.25, -0.2) is 23.1 Å². The Morgan fingerprint density at radius 2 is 2.10 bits per heavy atom. The smallest absolute Gasteiger partial charge is 0.382 e. The summed E-state index contributed by atoms with van der Waals surface area (Å²) in [6, 6.07) is -2.78. The van der Waals surface area contributed by atoms with Gasteiger partial charge in [0.15, 0.2) is 5.65 Å². The molecule has 1 saturated heterocycles. The lowest BCUT2D eigenvalue weighted by atomic mass is 9.76. The van der Waals surface area contributed by atoms with Crippen LogP contribution >= 0.6 is 0 Å². The van der Waals surface area contributed by atoms with Gasteiger partial charge in [0.2, 0.25) is 5.92 Å². The zero-order valence-electron chi connectivity index (χ0n) is 16.4. The summed E-state index contributed by atoms with van der Waals surface area (Å²) in [5.41, 5.74) is 7.23. The summed E-state index contributed by atoms with van der Waals surface area (Å²) in [7, 11) is 1.37. The van der Waals surface area contributed by atoms with Crippen LogP contribution in [-0.4, -0.2) is 63.9 Å². The summed E-state index contributed by atoms with van der Waals surface area (Å²) in [6.07, 6.45) is -2.24. The van der Waals surface area contributed by atoms with Gasteiger partial charge in [-0.3, -0.25) is 0 Å². The maximum absolute atomic E-state index is 13.2. The molecule has 4 rings (SSSR count). The molecule has 3 N–H and O–H groups in total. The van der Waals surface area contributed by atoms with Crippen LogP contribution < -0.4 is 11.1 Å². The van der Waals surface area contributed by atoms with Crippen molar-refractivity contribution in [3.63, 3.8) is 0 Å². The second-order valence-corrected chi connectivity index (χ2v) is 7.97. The standard InChI is InChI=1S/C18H21F5N6O2/c1-31-8-12(28-7-13(18(21,22)23)27-16(28)30)9-2-14-26-11(6-29(14)25-5-9)15(24)10-3-17(19,20)4-10/h2,5-6,10,12-13,15H,3-4,7-8,24H2,1H3,(H,27,30)/t12-,13+,15?/m1/s1. The van der Waals surface area contributed by atoms with Crippen LogP contribution in [0.2, 0.25) is 0 Å². The first-order valence-electron chi connectivity index (χ1n) is 9.60. The molecular weight excluding hydrogens is 427 g/mol. The number of nitrogens with zero attached hydrogens (tertiary/aromatic N) is 4. The third-order valence-corrected chi connectivity index (χ3v) is 5.75. The van der Waals surface area contributed by atoms with Crippen LogP contribution in [0, 0.1) is 5.92 Å². The van der Waals surface area contributed by atoms with E-state index in [1.807, 2.05) is 5.32 Å². The van der Waals surface area contributed by atoms with E-state index in [1.54, 1.807) is 6.07 Å². The third-order valence-electron chi connectivity index (χ3n) is 5.75. The minimum absolute atomic E-state index is 0.0555. The molecule has 31 heavy (non-hydrogen) atoms. The van der Waals surface area contributed by atoms with Gasteiger partial charge >= 0.3 is 12.2 Å². The van der Waals surface area contributed by atoms with Gasteiger partial charge in [0.25, 0.3) is 0 Å². The molecule has 2 aliphatic rings. The summed E-state index contributed by atoms with van der Waals surface area (Å²) >= 11 is 0. The van der Waals surface area contributed by atoms with Gasteiger partial charge in [-0.1, -0.05) is 0 Å². The number of rotatable bonds is 6. The molecule has 1 saturated carbocycles. The van der Waals surface area contributed by atoms with E-state index in [2.05, 4.69) is 10.1 Å². The second-order valence-electron chi connectivity index (χ2n) is 7.97. The van der Waals surface area contributed by atoms with Crippen molar-refractivity contribution in [2.24, 2.45) is 11.7 Å². The molecule has 3 heterocycles. The highest BCUT2D eigenvalue weighted by Gasteiger charge is 2.49. The molecule has 2 fully saturated rings. The van der Waals surface area contributed by atoms with Crippen molar-refractivity contribution >= 4 is 11.7 Å². The topological polar surface area (TPSA) is 97.8 Å². The summed E-state index contributed by atoms with van der Waals surface area (Å²) in [4.78, 5) is 17.6. The SMILES string of the molecule is COC[C@H](c1cnn2cc(C(N)C3CC(F)(F)C3)nc2c1)N1C[C@@H](C(F)(F)F)NC1=O. The molecule has 2 aromatic rings. The quantitative estimate of drug-likeness (QED) is 0.662. The number of carbonyl (C=O) groups excluding carboxylic acids is 1. The number of halogens is 5. The largest absolute Gasteiger partial charge is 0.410 e. The van der Waals surface area contributed by atoms with Crippen molar-refractivity contribution in [2.45, 2.75) is 43.1 Å².